The quantitative estimate of drug-likeness (QED) is 0.487. The Hall–Kier alpha value is -2.61. The summed E-state index contributed by atoms with van der Waals surface area (Å²) >= 11 is 0. The average Bonchev–Trinajstić information content (AvgIpc) is 3.07. The molecular formula is C27H30NO+. The van der Waals surface area contributed by atoms with E-state index in [-0.39, 0.29) is 5.60 Å². The fraction of sp³-hybridized carbons (Fsp3) is 0.370. The topological polar surface area (TPSA) is 13.1 Å². The molecule has 2 nitrogen and oxygen atoms in total. The van der Waals surface area contributed by atoms with Gasteiger partial charge in [-0.25, -0.2) is 4.57 Å². The molecule has 1 spiro atoms. The number of benzene rings is 2. The highest BCUT2D eigenvalue weighted by Crippen LogP contribution is 2.48. The van der Waals surface area contributed by atoms with E-state index in [2.05, 4.69) is 80.2 Å². The predicted octanol–water partition coefficient (Wildman–Crippen LogP) is 6.10. The highest BCUT2D eigenvalue weighted by molar-refractivity contribution is 5.76. The molecule has 1 aliphatic heterocycles. The number of nitrogens with zero attached hydrogens (tertiary/aromatic N) is 1. The molecule has 0 atom stereocenters. The SMILES string of the molecule is Cc1ccc(-c2cc[n+](C)c(-c3c(C)ccc4c3OC3(CCCCC3)C4)c2)cc1. The molecule has 1 fully saturated rings. The van der Waals surface area contributed by atoms with Gasteiger partial charge in [-0.2, -0.15) is 0 Å². The normalized spacial score (nSPS) is 17.2. The second-order valence-corrected chi connectivity index (χ2v) is 9.05. The van der Waals surface area contributed by atoms with E-state index in [9.17, 15) is 0 Å². The van der Waals surface area contributed by atoms with E-state index in [4.69, 9.17) is 4.74 Å². The molecule has 29 heavy (non-hydrogen) atoms. The lowest BCUT2D eigenvalue weighted by Gasteiger charge is -2.32. The number of ether oxygens (including phenoxy) is 1. The zero-order valence-corrected chi connectivity index (χ0v) is 17.8. The molecule has 0 radical (unpaired) electrons. The molecule has 1 saturated carbocycles. The summed E-state index contributed by atoms with van der Waals surface area (Å²) < 4.78 is 9.04. The monoisotopic (exact) mass is 384 g/mol. The molecule has 2 heterocycles. The van der Waals surface area contributed by atoms with Crippen molar-refractivity contribution in [3.63, 3.8) is 0 Å². The summed E-state index contributed by atoms with van der Waals surface area (Å²) in [6.45, 7) is 4.35. The van der Waals surface area contributed by atoms with Crippen LogP contribution in [0.2, 0.25) is 0 Å². The van der Waals surface area contributed by atoms with Gasteiger partial charge in [0, 0.05) is 18.6 Å². The average molecular weight is 385 g/mol. The molecule has 0 unspecified atom stereocenters. The Bertz CT molecular complexity index is 1060. The van der Waals surface area contributed by atoms with Gasteiger partial charge in [0.1, 0.15) is 18.4 Å². The first-order valence-electron chi connectivity index (χ1n) is 10.9. The maximum Gasteiger partial charge on any atom is 0.216 e. The van der Waals surface area contributed by atoms with Crippen LogP contribution in [0.25, 0.3) is 22.4 Å². The molecule has 0 bridgehead atoms. The zero-order valence-electron chi connectivity index (χ0n) is 17.8. The summed E-state index contributed by atoms with van der Waals surface area (Å²) in [5, 5.41) is 0. The lowest BCUT2D eigenvalue weighted by atomic mass is 9.82. The third-order valence-electron chi connectivity index (χ3n) is 6.83. The first-order valence-corrected chi connectivity index (χ1v) is 10.9. The van der Waals surface area contributed by atoms with Crippen LogP contribution in [0.1, 0.15) is 48.8 Å². The van der Waals surface area contributed by atoms with Crippen LogP contribution >= 0.6 is 0 Å². The van der Waals surface area contributed by atoms with E-state index < -0.39 is 0 Å². The molecule has 0 amide bonds. The maximum atomic E-state index is 6.80. The van der Waals surface area contributed by atoms with E-state index in [0.29, 0.717) is 0 Å². The molecule has 2 heteroatoms. The number of hydrogen-bond donors (Lipinski definition) is 0. The van der Waals surface area contributed by atoms with Crippen molar-refractivity contribution in [2.75, 3.05) is 0 Å². The fourth-order valence-corrected chi connectivity index (χ4v) is 5.12. The third kappa shape index (κ3) is 3.25. The van der Waals surface area contributed by atoms with Gasteiger partial charge in [-0.3, -0.25) is 0 Å². The summed E-state index contributed by atoms with van der Waals surface area (Å²) in [6, 6.07) is 17.9. The number of pyridine rings is 1. The molecule has 0 saturated heterocycles. The number of aromatic nitrogens is 1. The van der Waals surface area contributed by atoms with Crippen molar-refractivity contribution in [3.05, 3.63) is 71.4 Å². The van der Waals surface area contributed by atoms with Gasteiger partial charge < -0.3 is 4.74 Å². The Morgan fingerprint density at radius 2 is 1.62 bits per heavy atom. The lowest BCUT2D eigenvalue weighted by molar-refractivity contribution is -0.660. The first-order chi connectivity index (χ1) is 14.0. The van der Waals surface area contributed by atoms with E-state index in [1.807, 2.05) is 0 Å². The zero-order chi connectivity index (χ0) is 20.0. The Labute approximate surface area is 174 Å². The highest BCUT2D eigenvalue weighted by Gasteiger charge is 2.42. The van der Waals surface area contributed by atoms with Crippen molar-refractivity contribution in [3.8, 4) is 28.1 Å². The number of fused-ring (bicyclic) bond motifs is 1. The van der Waals surface area contributed by atoms with Crippen molar-refractivity contribution < 1.29 is 9.30 Å². The van der Waals surface area contributed by atoms with E-state index in [1.54, 1.807) is 0 Å². The van der Waals surface area contributed by atoms with Crippen molar-refractivity contribution in [2.24, 2.45) is 7.05 Å². The van der Waals surface area contributed by atoms with Gasteiger partial charge in [0.15, 0.2) is 6.20 Å². The summed E-state index contributed by atoms with van der Waals surface area (Å²) in [6.07, 6.45) is 9.55. The van der Waals surface area contributed by atoms with Crippen LogP contribution in [0.15, 0.2) is 54.7 Å². The van der Waals surface area contributed by atoms with Gasteiger partial charge in [0.25, 0.3) is 0 Å². The van der Waals surface area contributed by atoms with Gasteiger partial charge >= 0.3 is 0 Å². The predicted molar refractivity (Wildman–Crippen MR) is 118 cm³/mol. The van der Waals surface area contributed by atoms with Crippen molar-refractivity contribution in [1.82, 2.24) is 0 Å². The van der Waals surface area contributed by atoms with Crippen LogP contribution in [0, 0.1) is 13.8 Å². The third-order valence-corrected chi connectivity index (χ3v) is 6.83. The number of aryl methyl sites for hydroxylation is 3. The molecule has 2 aliphatic rings. The standard InChI is InChI=1S/C27H30NO/c1-19-7-10-21(11-8-19)22-13-16-28(3)24(17-22)25-20(2)9-12-23-18-27(29-26(23)25)14-5-4-6-15-27/h7-13,16-17H,4-6,14-15,18H2,1-3H3/q+1. The van der Waals surface area contributed by atoms with Crippen molar-refractivity contribution >= 4 is 0 Å². The van der Waals surface area contributed by atoms with Crippen LogP contribution in [-0.4, -0.2) is 5.60 Å². The van der Waals surface area contributed by atoms with Crippen LogP contribution in [0.4, 0.5) is 0 Å². The Morgan fingerprint density at radius 3 is 2.38 bits per heavy atom. The molecule has 1 aliphatic carbocycles. The maximum absolute atomic E-state index is 6.80. The van der Waals surface area contributed by atoms with Crippen LogP contribution < -0.4 is 9.30 Å². The Kier molecular flexibility index (Phi) is 4.46. The van der Waals surface area contributed by atoms with E-state index in [1.165, 1.54) is 71.2 Å². The van der Waals surface area contributed by atoms with Crippen LogP contribution in [0.5, 0.6) is 5.75 Å². The molecular weight excluding hydrogens is 354 g/mol. The summed E-state index contributed by atoms with van der Waals surface area (Å²) in [5.74, 6) is 1.13. The van der Waals surface area contributed by atoms with Crippen molar-refractivity contribution in [1.29, 1.82) is 0 Å². The second-order valence-electron chi connectivity index (χ2n) is 9.05. The molecule has 5 rings (SSSR count). The minimum absolute atomic E-state index is 0.0380. The Morgan fingerprint density at radius 1 is 0.862 bits per heavy atom. The van der Waals surface area contributed by atoms with Crippen LogP contribution in [0.3, 0.4) is 0 Å². The number of rotatable bonds is 2. The van der Waals surface area contributed by atoms with Crippen LogP contribution in [-0.2, 0) is 13.5 Å². The minimum atomic E-state index is 0.0380. The first kappa shape index (κ1) is 18.4. The molecule has 3 aromatic rings. The summed E-state index contributed by atoms with van der Waals surface area (Å²) in [5.41, 5.74) is 9.00. The van der Waals surface area contributed by atoms with Crippen molar-refractivity contribution in [2.45, 2.75) is 58.0 Å². The highest BCUT2D eigenvalue weighted by atomic mass is 16.5. The lowest BCUT2D eigenvalue weighted by Crippen LogP contribution is -2.36. The van der Waals surface area contributed by atoms with Gasteiger partial charge in [-0.15, -0.1) is 0 Å². The smallest absolute Gasteiger partial charge is 0.216 e. The molecule has 1 aromatic heterocycles. The number of hydrogen-bond acceptors (Lipinski definition) is 1. The molecule has 148 valence electrons. The molecule has 2 aromatic carbocycles. The van der Waals surface area contributed by atoms with Gasteiger partial charge in [0.2, 0.25) is 5.69 Å². The van der Waals surface area contributed by atoms with Gasteiger partial charge in [-0.05, 0) is 61.8 Å². The van der Waals surface area contributed by atoms with Gasteiger partial charge in [0.05, 0.1) is 5.56 Å². The minimum Gasteiger partial charge on any atom is -0.486 e. The van der Waals surface area contributed by atoms with Gasteiger partial charge in [-0.1, -0.05) is 48.4 Å². The second kappa shape index (κ2) is 7.02. The van der Waals surface area contributed by atoms with E-state index in [0.717, 1.165) is 12.2 Å². The largest absolute Gasteiger partial charge is 0.486 e. The fourth-order valence-electron chi connectivity index (χ4n) is 5.12. The Balaban J connectivity index is 1.61. The van der Waals surface area contributed by atoms with E-state index >= 15 is 0 Å². The molecule has 0 N–H and O–H groups in total. The summed E-state index contributed by atoms with van der Waals surface area (Å²) in [7, 11) is 2.14. The summed E-state index contributed by atoms with van der Waals surface area (Å²) in [4.78, 5) is 0.